The fourth-order valence-corrected chi connectivity index (χ4v) is 2.20. The first-order chi connectivity index (χ1) is 9.24. The molecule has 1 aliphatic rings. The lowest BCUT2D eigenvalue weighted by molar-refractivity contribution is -0.122. The Morgan fingerprint density at radius 1 is 1.37 bits per heavy atom. The highest BCUT2D eigenvalue weighted by atomic mass is 16.5. The number of hydrogen-bond donors (Lipinski definition) is 2. The predicted molar refractivity (Wildman–Crippen MR) is 75.2 cm³/mol. The topological polar surface area (TPSA) is 50.4 Å². The average molecular weight is 262 g/mol. The molecule has 0 bridgehead atoms. The van der Waals surface area contributed by atoms with E-state index in [1.54, 1.807) is 0 Å². The first-order valence-electron chi connectivity index (χ1n) is 6.94. The van der Waals surface area contributed by atoms with Crippen LogP contribution in [-0.2, 0) is 4.79 Å². The lowest BCUT2D eigenvalue weighted by Crippen LogP contribution is -2.48. The molecule has 2 unspecified atom stereocenters. The summed E-state index contributed by atoms with van der Waals surface area (Å²) in [6, 6.07) is 10.4. The minimum Gasteiger partial charge on any atom is -0.493 e. The Labute approximate surface area is 114 Å². The van der Waals surface area contributed by atoms with E-state index in [4.69, 9.17) is 4.74 Å². The van der Waals surface area contributed by atoms with E-state index in [-0.39, 0.29) is 11.9 Å². The molecule has 0 saturated carbocycles. The highest BCUT2D eigenvalue weighted by Crippen LogP contribution is 2.09. The van der Waals surface area contributed by atoms with Crippen molar-refractivity contribution in [3.63, 3.8) is 0 Å². The van der Waals surface area contributed by atoms with E-state index in [9.17, 15) is 4.79 Å². The summed E-state index contributed by atoms with van der Waals surface area (Å²) in [7, 11) is 0. The molecule has 0 radical (unpaired) electrons. The van der Waals surface area contributed by atoms with Crippen LogP contribution in [0.4, 0.5) is 0 Å². The van der Waals surface area contributed by atoms with Gasteiger partial charge < -0.3 is 15.4 Å². The summed E-state index contributed by atoms with van der Waals surface area (Å²) in [5.74, 6) is 0.876. The number of para-hydroxylation sites is 1. The number of benzene rings is 1. The Kier molecular flexibility index (Phi) is 5.21. The second kappa shape index (κ2) is 7.14. The normalized spacial score (nSPS) is 22.8. The zero-order chi connectivity index (χ0) is 13.5. The predicted octanol–water partition coefficient (Wildman–Crippen LogP) is 1.71. The summed E-state index contributed by atoms with van der Waals surface area (Å²) in [5, 5.41) is 6.42. The van der Waals surface area contributed by atoms with E-state index in [1.807, 2.05) is 30.3 Å². The number of nitrogens with one attached hydrogen (secondary N) is 2. The van der Waals surface area contributed by atoms with Gasteiger partial charge in [-0.25, -0.2) is 0 Å². The molecule has 4 heteroatoms. The molecule has 2 rings (SSSR count). The van der Waals surface area contributed by atoms with Crippen LogP contribution in [0.1, 0.15) is 26.2 Å². The van der Waals surface area contributed by atoms with E-state index in [1.165, 1.54) is 0 Å². The number of ether oxygens (including phenoxy) is 1. The van der Waals surface area contributed by atoms with E-state index in [0.717, 1.165) is 25.1 Å². The summed E-state index contributed by atoms with van der Waals surface area (Å²) in [5.41, 5.74) is 0. The van der Waals surface area contributed by atoms with Crippen molar-refractivity contribution in [3.8, 4) is 5.75 Å². The summed E-state index contributed by atoms with van der Waals surface area (Å²) < 4.78 is 5.51. The highest BCUT2D eigenvalue weighted by molar-refractivity contribution is 5.76. The Hall–Kier alpha value is -1.55. The molecule has 1 amide bonds. The van der Waals surface area contributed by atoms with Crippen LogP contribution >= 0.6 is 0 Å². The second-order valence-corrected chi connectivity index (χ2v) is 5.06. The van der Waals surface area contributed by atoms with Crippen LogP contribution in [0.5, 0.6) is 5.75 Å². The van der Waals surface area contributed by atoms with Gasteiger partial charge in [0.1, 0.15) is 5.75 Å². The first kappa shape index (κ1) is 13.9. The molecule has 1 saturated heterocycles. The molecule has 1 aromatic carbocycles. The highest BCUT2D eigenvalue weighted by Gasteiger charge is 2.18. The maximum atomic E-state index is 11.8. The Bertz CT molecular complexity index is 386. The zero-order valence-electron chi connectivity index (χ0n) is 11.4. The Balaban J connectivity index is 1.62. The number of amides is 1. The minimum atomic E-state index is 0.0669. The van der Waals surface area contributed by atoms with Gasteiger partial charge >= 0.3 is 0 Å². The van der Waals surface area contributed by atoms with Gasteiger partial charge in [-0.05, 0) is 31.9 Å². The van der Waals surface area contributed by atoms with E-state index in [0.29, 0.717) is 19.1 Å². The van der Waals surface area contributed by atoms with Gasteiger partial charge in [-0.1, -0.05) is 18.2 Å². The van der Waals surface area contributed by atoms with Crippen LogP contribution in [0.3, 0.4) is 0 Å². The second-order valence-electron chi connectivity index (χ2n) is 5.06. The number of carbonyl (C=O) groups is 1. The lowest BCUT2D eigenvalue weighted by atomic mass is 10.0. The molecule has 1 fully saturated rings. The molecule has 0 aromatic heterocycles. The van der Waals surface area contributed by atoms with Gasteiger partial charge in [0.15, 0.2) is 0 Å². The van der Waals surface area contributed by atoms with Gasteiger partial charge in [-0.3, -0.25) is 4.79 Å². The first-order valence-corrected chi connectivity index (χ1v) is 6.94. The third-order valence-corrected chi connectivity index (χ3v) is 3.37. The van der Waals surface area contributed by atoms with Crippen molar-refractivity contribution in [2.45, 2.75) is 38.3 Å². The molecule has 1 aromatic rings. The number of hydrogen-bond acceptors (Lipinski definition) is 3. The maximum Gasteiger partial charge on any atom is 0.223 e. The molecule has 2 atom stereocenters. The molecular formula is C15H22N2O2. The van der Waals surface area contributed by atoms with Crippen LogP contribution in [0.15, 0.2) is 30.3 Å². The molecule has 2 N–H and O–H groups in total. The van der Waals surface area contributed by atoms with Crippen molar-refractivity contribution in [2.24, 2.45) is 0 Å². The average Bonchev–Trinajstić information content (AvgIpc) is 2.43. The SMILES string of the molecule is CC1CCC(NC(=O)CCOc2ccccc2)CN1. The van der Waals surface area contributed by atoms with Crippen molar-refractivity contribution in [2.75, 3.05) is 13.2 Å². The smallest absolute Gasteiger partial charge is 0.223 e. The Morgan fingerprint density at radius 3 is 2.84 bits per heavy atom. The number of piperidine rings is 1. The number of carbonyl (C=O) groups excluding carboxylic acids is 1. The van der Waals surface area contributed by atoms with Crippen LogP contribution in [0.2, 0.25) is 0 Å². The van der Waals surface area contributed by atoms with Crippen molar-refractivity contribution in [1.82, 2.24) is 10.6 Å². The summed E-state index contributed by atoms with van der Waals surface area (Å²) in [6.45, 7) is 3.46. The molecule has 19 heavy (non-hydrogen) atoms. The Morgan fingerprint density at radius 2 is 2.16 bits per heavy atom. The van der Waals surface area contributed by atoms with E-state index in [2.05, 4.69) is 17.6 Å². The summed E-state index contributed by atoms with van der Waals surface area (Å²) in [4.78, 5) is 11.8. The molecule has 0 aliphatic carbocycles. The van der Waals surface area contributed by atoms with Gasteiger partial charge in [0.2, 0.25) is 5.91 Å². The fourth-order valence-electron chi connectivity index (χ4n) is 2.20. The van der Waals surface area contributed by atoms with Crippen molar-refractivity contribution < 1.29 is 9.53 Å². The molecular weight excluding hydrogens is 240 g/mol. The van der Waals surface area contributed by atoms with Gasteiger partial charge in [0, 0.05) is 18.6 Å². The molecule has 104 valence electrons. The fraction of sp³-hybridized carbons (Fsp3) is 0.533. The lowest BCUT2D eigenvalue weighted by Gasteiger charge is -2.28. The van der Waals surface area contributed by atoms with Crippen LogP contribution in [0.25, 0.3) is 0 Å². The summed E-state index contributed by atoms with van der Waals surface area (Å²) in [6.07, 6.45) is 2.58. The van der Waals surface area contributed by atoms with Crippen molar-refractivity contribution in [1.29, 1.82) is 0 Å². The molecule has 1 heterocycles. The standard InChI is InChI=1S/C15H22N2O2/c1-12-7-8-13(11-16-12)17-15(18)9-10-19-14-5-3-2-4-6-14/h2-6,12-13,16H,7-11H2,1H3,(H,17,18). The zero-order valence-corrected chi connectivity index (χ0v) is 11.4. The quantitative estimate of drug-likeness (QED) is 0.849. The molecule has 4 nitrogen and oxygen atoms in total. The third kappa shape index (κ3) is 4.91. The van der Waals surface area contributed by atoms with Crippen molar-refractivity contribution >= 4 is 5.91 Å². The van der Waals surface area contributed by atoms with Crippen LogP contribution in [-0.4, -0.2) is 31.1 Å². The van der Waals surface area contributed by atoms with Gasteiger partial charge in [0.25, 0.3) is 0 Å². The van der Waals surface area contributed by atoms with Gasteiger partial charge in [0.05, 0.1) is 13.0 Å². The maximum absolute atomic E-state index is 11.8. The van der Waals surface area contributed by atoms with E-state index < -0.39 is 0 Å². The largest absolute Gasteiger partial charge is 0.493 e. The van der Waals surface area contributed by atoms with Crippen LogP contribution in [0, 0.1) is 0 Å². The third-order valence-electron chi connectivity index (χ3n) is 3.37. The number of rotatable bonds is 5. The monoisotopic (exact) mass is 262 g/mol. The molecule has 0 spiro atoms. The molecule has 1 aliphatic heterocycles. The van der Waals surface area contributed by atoms with Crippen molar-refractivity contribution in [3.05, 3.63) is 30.3 Å². The van der Waals surface area contributed by atoms with Gasteiger partial charge in [-0.2, -0.15) is 0 Å². The van der Waals surface area contributed by atoms with Gasteiger partial charge in [-0.15, -0.1) is 0 Å². The van der Waals surface area contributed by atoms with Crippen LogP contribution < -0.4 is 15.4 Å². The van der Waals surface area contributed by atoms with E-state index >= 15 is 0 Å². The summed E-state index contributed by atoms with van der Waals surface area (Å²) >= 11 is 0. The minimum absolute atomic E-state index is 0.0669.